The summed E-state index contributed by atoms with van der Waals surface area (Å²) in [7, 11) is 0. The number of rotatable bonds is 3. The van der Waals surface area contributed by atoms with Crippen LogP contribution in [0.25, 0.3) is 12.2 Å². The van der Waals surface area contributed by atoms with E-state index in [0.29, 0.717) is 0 Å². The summed E-state index contributed by atoms with van der Waals surface area (Å²) in [5, 5.41) is 10.4. The Labute approximate surface area is 113 Å². The average Bonchev–Trinajstić information content (AvgIpc) is 2.36. The van der Waals surface area contributed by atoms with Gasteiger partial charge in [-0.3, -0.25) is 10.1 Å². The molecule has 6 nitrogen and oxygen atoms in total. The van der Waals surface area contributed by atoms with Crippen LogP contribution < -0.4 is 5.73 Å². The highest BCUT2D eigenvalue weighted by atomic mass is 35.5. The van der Waals surface area contributed by atoms with E-state index in [0.717, 1.165) is 5.56 Å². The molecule has 1 heterocycles. The summed E-state index contributed by atoms with van der Waals surface area (Å²) in [5.41, 5.74) is 5.95. The summed E-state index contributed by atoms with van der Waals surface area (Å²) in [5.74, 6) is -0.0327. The lowest BCUT2D eigenvalue weighted by atomic mass is 10.2. The molecule has 19 heavy (non-hydrogen) atoms. The molecule has 0 atom stereocenters. The lowest BCUT2D eigenvalue weighted by molar-refractivity contribution is -0.384. The molecule has 0 aliphatic carbocycles. The smallest absolute Gasteiger partial charge is 0.348 e. The van der Waals surface area contributed by atoms with E-state index >= 15 is 0 Å². The zero-order valence-corrected chi connectivity index (χ0v) is 10.4. The van der Waals surface area contributed by atoms with Gasteiger partial charge in [0.25, 0.3) is 0 Å². The van der Waals surface area contributed by atoms with Gasteiger partial charge in [-0.25, -0.2) is 9.97 Å². The monoisotopic (exact) mass is 276 g/mol. The molecule has 0 spiro atoms. The number of nitrogens with two attached hydrogens (primary N) is 1. The van der Waals surface area contributed by atoms with Crippen LogP contribution in [0.5, 0.6) is 0 Å². The highest BCUT2D eigenvalue weighted by Gasteiger charge is 2.20. The third-order valence-corrected chi connectivity index (χ3v) is 2.56. The van der Waals surface area contributed by atoms with E-state index in [2.05, 4.69) is 9.97 Å². The number of benzene rings is 1. The lowest BCUT2D eigenvalue weighted by Gasteiger charge is -1.99. The van der Waals surface area contributed by atoms with E-state index in [1.165, 1.54) is 0 Å². The minimum Gasteiger partial charge on any atom is -0.378 e. The van der Waals surface area contributed by atoms with Crippen molar-refractivity contribution in [3.05, 3.63) is 57.0 Å². The van der Waals surface area contributed by atoms with Gasteiger partial charge in [-0.05, 0) is 11.6 Å². The summed E-state index contributed by atoms with van der Waals surface area (Å²) in [4.78, 5) is 17.6. The van der Waals surface area contributed by atoms with Crippen LogP contribution in [-0.2, 0) is 0 Å². The van der Waals surface area contributed by atoms with Crippen molar-refractivity contribution in [2.24, 2.45) is 0 Å². The first-order valence-electron chi connectivity index (χ1n) is 5.28. The van der Waals surface area contributed by atoms with Crippen molar-refractivity contribution in [3.8, 4) is 0 Å². The Balaban J connectivity index is 2.33. The molecule has 0 fully saturated rings. The molecule has 1 aromatic carbocycles. The number of nitrogen functional groups attached to an aromatic ring is 1. The molecule has 0 aliphatic rings. The van der Waals surface area contributed by atoms with Crippen LogP contribution in [-0.4, -0.2) is 14.9 Å². The first-order valence-corrected chi connectivity index (χ1v) is 5.66. The van der Waals surface area contributed by atoms with Crippen LogP contribution in [0.3, 0.4) is 0 Å². The minimum atomic E-state index is -0.706. The van der Waals surface area contributed by atoms with Crippen molar-refractivity contribution >= 4 is 35.3 Å². The summed E-state index contributed by atoms with van der Waals surface area (Å²) >= 11 is 5.70. The topological polar surface area (TPSA) is 94.9 Å². The van der Waals surface area contributed by atoms with Gasteiger partial charge < -0.3 is 5.73 Å². The first kappa shape index (κ1) is 13.0. The lowest BCUT2D eigenvalue weighted by Crippen LogP contribution is -2.03. The van der Waals surface area contributed by atoms with Gasteiger partial charge in [-0.15, -0.1) is 0 Å². The minimum absolute atomic E-state index is 0.219. The highest BCUT2D eigenvalue weighted by Crippen LogP contribution is 2.27. The SMILES string of the molecule is Nc1nc(/C=C/c2ccccc2)nc(Cl)c1[N+](=O)[O-]. The van der Waals surface area contributed by atoms with Crippen molar-refractivity contribution in [3.63, 3.8) is 0 Å². The van der Waals surface area contributed by atoms with Crippen molar-refractivity contribution in [1.29, 1.82) is 0 Å². The van der Waals surface area contributed by atoms with Crippen molar-refractivity contribution in [2.75, 3.05) is 5.73 Å². The molecule has 0 bridgehead atoms. The molecule has 96 valence electrons. The number of nitro groups is 1. The van der Waals surface area contributed by atoms with E-state index in [1.54, 1.807) is 12.2 Å². The number of nitrogens with zero attached hydrogens (tertiary/aromatic N) is 3. The van der Waals surface area contributed by atoms with E-state index in [1.807, 2.05) is 30.3 Å². The Bertz CT molecular complexity index is 620. The van der Waals surface area contributed by atoms with E-state index < -0.39 is 10.6 Å². The van der Waals surface area contributed by atoms with Gasteiger partial charge >= 0.3 is 5.69 Å². The second-order valence-electron chi connectivity index (χ2n) is 3.61. The number of hydrogen-bond donors (Lipinski definition) is 1. The number of halogens is 1. The van der Waals surface area contributed by atoms with Gasteiger partial charge in [-0.2, -0.15) is 0 Å². The standard InChI is InChI=1S/C12H9ClN4O2/c13-11-10(17(18)19)12(14)16-9(15-11)7-6-8-4-2-1-3-5-8/h1-7H,(H2,14,15,16)/b7-6+. The fraction of sp³-hybridized carbons (Fsp3) is 0. The normalized spacial score (nSPS) is 10.8. The molecule has 2 aromatic rings. The molecule has 0 unspecified atom stereocenters. The van der Waals surface area contributed by atoms with Crippen molar-refractivity contribution in [1.82, 2.24) is 9.97 Å². The Hall–Kier alpha value is -2.47. The molecule has 7 heteroatoms. The Kier molecular flexibility index (Phi) is 3.72. The number of hydrogen-bond acceptors (Lipinski definition) is 5. The van der Waals surface area contributed by atoms with Gasteiger partial charge in [0.1, 0.15) is 0 Å². The summed E-state index contributed by atoms with van der Waals surface area (Å²) in [6, 6.07) is 9.46. The second-order valence-corrected chi connectivity index (χ2v) is 3.97. The predicted octanol–water partition coefficient (Wildman–Crippen LogP) is 2.79. The maximum Gasteiger partial charge on any atom is 0.348 e. The number of aromatic nitrogens is 2. The van der Waals surface area contributed by atoms with Crippen LogP contribution in [0.15, 0.2) is 30.3 Å². The molecule has 0 saturated carbocycles. The van der Waals surface area contributed by atoms with Gasteiger partial charge in [0.2, 0.25) is 11.0 Å². The zero-order valence-electron chi connectivity index (χ0n) is 9.65. The third kappa shape index (κ3) is 3.05. The summed E-state index contributed by atoms with van der Waals surface area (Å²) < 4.78 is 0. The quantitative estimate of drug-likeness (QED) is 0.528. The number of anilines is 1. The van der Waals surface area contributed by atoms with Crippen LogP contribution in [0.4, 0.5) is 11.5 Å². The zero-order chi connectivity index (χ0) is 13.8. The average molecular weight is 277 g/mol. The molecule has 0 aliphatic heterocycles. The van der Waals surface area contributed by atoms with Gasteiger partial charge in [0, 0.05) is 0 Å². The highest BCUT2D eigenvalue weighted by molar-refractivity contribution is 6.31. The third-order valence-electron chi connectivity index (χ3n) is 2.29. The second kappa shape index (κ2) is 5.45. The molecule has 1 aromatic heterocycles. The van der Waals surface area contributed by atoms with E-state index in [-0.39, 0.29) is 16.8 Å². The largest absolute Gasteiger partial charge is 0.378 e. The van der Waals surface area contributed by atoms with E-state index in [4.69, 9.17) is 17.3 Å². The first-order chi connectivity index (χ1) is 9.08. The van der Waals surface area contributed by atoms with Crippen LogP contribution in [0.2, 0.25) is 5.15 Å². The fourth-order valence-electron chi connectivity index (χ4n) is 1.44. The van der Waals surface area contributed by atoms with Crippen molar-refractivity contribution < 1.29 is 4.92 Å². The molecule has 2 rings (SSSR count). The van der Waals surface area contributed by atoms with Crippen molar-refractivity contribution in [2.45, 2.75) is 0 Å². The molecular weight excluding hydrogens is 268 g/mol. The Morgan fingerprint density at radius 3 is 2.47 bits per heavy atom. The Morgan fingerprint density at radius 1 is 1.21 bits per heavy atom. The van der Waals surface area contributed by atoms with Gasteiger partial charge in [0.15, 0.2) is 5.82 Å². The molecule has 0 saturated heterocycles. The fourth-order valence-corrected chi connectivity index (χ4v) is 1.69. The van der Waals surface area contributed by atoms with E-state index in [9.17, 15) is 10.1 Å². The summed E-state index contributed by atoms with van der Waals surface area (Å²) in [6.07, 6.45) is 3.35. The van der Waals surface area contributed by atoms with Crippen LogP contribution in [0, 0.1) is 10.1 Å². The maximum atomic E-state index is 10.7. The molecular formula is C12H9ClN4O2. The van der Waals surface area contributed by atoms with Gasteiger partial charge in [-0.1, -0.05) is 48.0 Å². The maximum absolute atomic E-state index is 10.7. The molecule has 0 radical (unpaired) electrons. The molecule has 0 amide bonds. The van der Waals surface area contributed by atoms with Crippen LogP contribution >= 0.6 is 11.6 Å². The van der Waals surface area contributed by atoms with Crippen LogP contribution in [0.1, 0.15) is 11.4 Å². The molecule has 2 N–H and O–H groups in total. The Morgan fingerprint density at radius 2 is 1.89 bits per heavy atom. The summed E-state index contributed by atoms with van der Waals surface area (Å²) in [6.45, 7) is 0. The van der Waals surface area contributed by atoms with Gasteiger partial charge in [0.05, 0.1) is 4.92 Å². The predicted molar refractivity (Wildman–Crippen MR) is 73.5 cm³/mol.